The lowest BCUT2D eigenvalue weighted by molar-refractivity contribution is 0.421. The van der Waals surface area contributed by atoms with Crippen LogP contribution in [-0.4, -0.2) is 4.98 Å². The predicted molar refractivity (Wildman–Crippen MR) is 49.2 cm³/mol. The average molecular weight is 167 g/mol. The maximum atomic E-state index is 5.36. The standard InChI is InChI=1S/C10H17NO/c1-4-6-9(5-2)10-11-8(3)7-12-10/h7,9H,4-6H2,1-3H3. The van der Waals surface area contributed by atoms with Crippen molar-refractivity contribution in [3.05, 3.63) is 17.8 Å². The van der Waals surface area contributed by atoms with Crippen molar-refractivity contribution in [2.75, 3.05) is 0 Å². The van der Waals surface area contributed by atoms with Gasteiger partial charge in [-0.25, -0.2) is 4.98 Å². The minimum Gasteiger partial charge on any atom is -0.448 e. The van der Waals surface area contributed by atoms with Gasteiger partial charge in [-0.15, -0.1) is 0 Å². The number of aromatic nitrogens is 1. The number of hydrogen-bond acceptors (Lipinski definition) is 2. The van der Waals surface area contributed by atoms with Crippen molar-refractivity contribution < 1.29 is 4.42 Å². The first-order valence-electron chi connectivity index (χ1n) is 4.70. The lowest BCUT2D eigenvalue weighted by Crippen LogP contribution is -1.96. The fraction of sp³-hybridized carbons (Fsp3) is 0.700. The molecule has 0 N–H and O–H groups in total. The third kappa shape index (κ3) is 2.10. The van der Waals surface area contributed by atoms with Crippen LogP contribution in [0.2, 0.25) is 0 Å². The van der Waals surface area contributed by atoms with Crippen molar-refractivity contribution >= 4 is 0 Å². The largest absolute Gasteiger partial charge is 0.448 e. The van der Waals surface area contributed by atoms with E-state index >= 15 is 0 Å². The molecule has 1 unspecified atom stereocenters. The second-order valence-electron chi connectivity index (χ2n) is 3.22. The molecular weight excluding hydrogens is 150 g/mol. The maximum absolute atomic E-state index is 5.36. The first-order valence-corrected chi connectivity index (χ1v) is 4.70. The summed E-state index contributed by atoms with van der Waals surface area (Å²) in [4.78, 5) is 4.33. The van der Waals surface area contributed by atoms with Gasteiger partial charge in [0, 0.05) is 5.92 Å². The topological polar surface area (TPSA) is 26.0 Å². The monoisotopic (exact) mass is 167 g/mol. The number of rotatable bonds is 4. The second kappa shape index (κ2) is 4.29. The minimum absolute atomic E-state index is 0.517. The van der Waals surface area contributed by atoms with Gasteiger partial charge < -0.3 is 4.42 Å². The van der Waals surface area contributed by atoms with E-state index < -0.39 is 0 Å². The van der Waals surface area contributed by atoms with E-state index in [0.717, 1.165) is 18.0 Å². The molecule has 12 heavy (non-hydrogen) atoms. The fourth-order valence-electron chi connectivity index (χ4n) is 1.41. The Morgan fingerprint density at radius 1 is 1.50 bits per heavy atom. The van der Waals surface area contributed by atoms with E-state index in [9.17, 15) is 0 Å². The molecule has 0 aliphatic carbocycles. The summed E-state index contributed by atoms with van der Waals surface area (Å²) in [7, 11) is 0. The molecule has 0 aliphatic rings. The van der Waals surface area contributed by atoms with E-state index in [1.807, 2.05) is 6.92 Å². The van der Waals surface area contributed by atoms with Gasteiger partial charge in [-0.2, -0.15) is 0 Å². The van der Waals surface area contributed by atoms with Gasteiger partial charge >= 0.3 is 0 Å². The van der Waals surface area contributed by atoms with Crippen LogP contribution in [0, 0.1) is 6.92 Å². The van der Waals surface area contributed by atoms with Gasteiger partial charge in [-0.1, -0.05) is 20.3 Å². The second-order valence-corrected chi connectivity index (χ2v) is 3.22. The third-order valence-corrected chi connectivity index (χ3v) is 2.12. The lowest BCUT2D eigenvalue weighted by atomic mass is 10.0. The molecule has 2 nitrogen and oxygen atoms in total. The molecule has 0 aromatic carbocycles. The first-order chi connectivity index (χ1) is 5.77. The van der Waals surface area contributed by atoms with E-state index in [4.69, 9.17) is 4.42 Å². The van der Waals surface area contributed by atoms with E-state index in [-0.39, 0.29) is 0 Å². The Morgan fingerprint density at radius 3 is 2.67 bits per heavy atom. The summed E-state index contributed by atoms with van der Waals surface area (Å²) < 4.78 is 5.36. The third-order valence-electron chi connectivity index (χ3n) is 2.12. The lowest BCUT2D eigenvalue weighted by Gasteiger charge is -2.07. The zero-order valence-electron chi connectivity index (χ0n) is 8.13. The zero-order valence-corrected chi connectivity index (χ0v) is 8.13. The zero-order chi connectivity index (χ0) is 8.97. The molecule has 0 bridgehead atoms. The van der Waals surface area contributed by atoms with Crippen LogP contribution >= 0.6 is 0 Å². The summed E-state index contributed by atoms with van der Waals surface area (Å²) in [5.74, 6) is 1.43. The molecule has 0 aliphatic heterocycles. The molecule has 1 aromatic heterocycles. The van der Waals surface area contributed by atoms with Crippen LogP contribution in [0.4, 0.5) is 0 Å². The van der Waals surface area contributed by atoms with E-state index in [1.54, 1.807) is 6.26 Å². The van der Waals surface area contributed by atoms with Crippen molar-refractivity contribution in [2.24, 2.45) is 0 Å². The van der Waals surface area contributed by atoms with E-state index in [0.29, 0.717) is 5.92 Å². The summed E-state index contributed by atoms with van der Waals surface area (Å²) in [6.45, 7) is 6.34. The molecule has 0 fully saturated rings. The van der Waals surface area contributed by atoms with Gasteiger partial charge in [0.2, 0.25) is 0 Å². The highest BCUT2D eigenvalue weighted by Crippen LogP contribution is 2.23. The fourth-order valence-corrected chi connectivity index (χ4v) is 1.41. The van der Waals surface area contributed by atoms with Crippen LogP contribution in [0.15, 0.2) is 10.7 Å². The van der Waals surface area contributed by atoms with Crippen molar-refractivity contribution in [3.8, 4) is 0 Å². The number of hydrogen-bond donors (Lipinski definition) is 0. The first kappa shape index (κ1) is 9.30. The number of aryl methyl sites for hydroxylation is 1. The smallest absolute Gasteiger partial charge is 0.197 e. The molecule has 1 aromatic rings. The summed E-state index contributed by atoms with van der Waals surface area (Å²) in [6.07, 6.45) is 5.22. The Morgan fingerprint density at radius 2 is 2.25 bits per heavy atom. The average Bonchev–Trinajstić information content (AvgIpc) is 2.47. The molecule has 1 rings (SSSR count). The number of nitrogens with zero attached hydrogens (tertiary/aromatic N) is 1. The highest BCUT2D eigenvalue weighted by Gasteiger charge is 2.13. The molecule has 2 heteroatoms. The Balaban J connectivity index is 2.66. The van der Waals surface area contributed by atoms with Gasteiger partial charge in [-0.3, -0.25) is 0 Å². The summed E-state index contributed by atoms with van der Waals surface area (Å²) in [5.41, 5.74) is 0.986. The van der Waals surface area contributed by atoms with E-state index in [1.165, 1.54) is 12.8 Å². The Hall–Kier alpha value is -0.790. The molecule has 0 radical (unpaired) electrons. The van der Waals surface area contributed by atoms with Crippen LogP contribution in [0.5, 0.6) is 0 Å². The maximum Gasteiger partial charge on any atom is 0.197 e. The molecule has 0 saturated heterocycles. The molecule has 0 saturated carbocycles. The Bertz CT molecular complexity index is 229. The highest BCUT2D eigenvalue weighted by molar-refractivity contribution is 4.98. The van der Waals surface area contributed by atoms with Gasteiger partial charge in [-0.05, 0) is 19.8 Å². The van der Waals surface area contributed by atoms with Crippen LogP contribution in [-0.2, 0) is 0 Å². The molecule has 0 spiro atoms. The normalized spacial score (nSPS) is 13.2. The Labute approximate surface area is 74.0 Å². The Kier molecular flexibility index (Phi) is 3.32. The molecular formula is C10H17NO. The molecule has 0 amide bonds. The molecule has 1 heterocycles. The predicted octanol–water partition coefficient (Wildman–Crippen LogP) is 3.28. The molecule has 1 atom stereocenters. The quantitative estimate of drug-likeness (QED) is 0.687. The van der Waals surface area contributed by atoms with Crippen molar-refractivity contribution in [3.63, 3.8) is 0 Å². The van der Waals surface area contributed by atoms with E-state index in [2.05, 4.69) is 18.8 Å². The van der Waals surface area contributed by atoms with Gasteiger partial charge in [0.05, 0.1) is 5.69 Å². The molecule has 68 valence electrons. The highest BCUT2D eigenvalue weighted by atomic mass is 16.3. The summed E-state index contributed by atoms with van der Waals surface area (Å²) in [6, 6.07) is 0. The van der Waals surface area contributed by atoms with Crippen LogP contribution in [0.3, 0.4) is 0 Å². The SMILES string of the molecule is CCCC(CC)c1nc(C)co1. The summed E-state index contributed by atoms with van der Waals surface area (Å²) >= 11 is 0. The van der Waals surface area contributed by atoms with Gasteiger partial charge in [0.1, 0.15) is 6.26 Å². The van der Waals surface area contributed by atoms with Gasteiger partial charge in [0.25, 0.3) is 0 Å². The van der Waals surface area contributed by atoms with Crippen molar-refractivity contribution in [2.45, 2.75) is 46.0 Å². The van der Waals surface area contributed by atoms with Gasteiger partial charge in [0.15, 0.2) is 5.89 Å². The van der Waals surface area contributed by atoms with Crippen LogP contribution in [0.25, 0.3) is 0 Å². The van der Waals surface area contributed by atoms with Crippen molar-refractivity contribution in [1.29, 1.82) is 0 Å². The van der Waals surface area contributed by atoms with Crippen molar-refractivity contribution in [1.82, 2.24) is 4.98 Å². The van der Waals surface area contributed by atoms with Crippen LogP contribution in [0.1, 0.15) is 50.6 Å². The number of oxazole rings is 1. The summed E-state index contributed by atoms with van der Waals surface area (Å²) in [5, 5.41) is 0. The van der Waals surface area contributed by atoms with Crippen LogP contribution < -0.4 is 0 Å². The minimum atomic E-state index is 0.517.